The van der Waals surface area contributed by atoms with Crippen molar-refractivity contribution in [1.29, 1.82) is 0 Å². The number of hydrogen-bond donors (Lipinski definition) is 1. The van der Waals surface area contributed by atoms with Crippen molar-refractivity contribution in [3.05, 3.63) is 76.9 Å². The van der Waals surface area contributed by atoms with Crippen molar-refractivity contribution in [1.82, 2.24) is 15.0 Å². The first-order valence-electron chi connectivity index (χ1n) is 16.0. The summed E-state index contributed by atoms with van der Waals surface area (Å²) in [7, 11) is 0. The van der Waals surface area contributed by atoms with Gasteiger partial charge in [0, 0.05) is 61.1 Å². The zero-order chi connectivity index (χ0) is 32.1. The molecule has 0 unspecified atom stereocenters. The van der Waals surface area contributed by atoms with Gasteiger partial charge in [-0.15, -0.1) is 0 Å². The van der Waals surface area contributed by atoms with Crippen molar-refractivity contribution in [2.75, 3.05) is 29.4 Å². The fourth-order valence-electron chi connectivity index (χ4n) is 6.89. The van der Waals surface area contributed by atoms with Gasteiger partial charge in [0.15, 0.2) is 6.10 Å². The highest BCUT2D eigenvalue weighted by atomic mass is 16.5. The summed E-state index contributed by atoms with van der Waals surface area (Å²) in [5.41, 5.74) is 10.4. The number of carboxylic acid groups (broad SMARTS) is 1. The van der Waals surface area contributed by atoms with Crippen molar-refractivity contribution in [2.24, 2.45) is 5.41 Å². The van der Waals surface area contributed by atoms with Gasteiger partial charge in [0.2, 0.25) is 0 Å². The van der Waals surface area contributed by atoms with Crippen molar-refractivity contribution in [3.63, 3.8) is 0 Å². The third-order valence-electron chi connectivity index (χ3n) is 9.29. The lowest BCUT2D eigenvalue weighted by molar-refractivity contribution is -0.160. The molecule has 1 fully saturated rings. The molecule has 1 aromatic carbocycles. The number of benzene rings is 1. The number of nitrogens with zero attached hydrogens (tertiary/aromatic N) is 5. The maximum absolute atomic E-state index is 12.8. The lowest BCUT2D eigenvalue weighted by Gasteiger charge is -2.41. The average Bonchev–Trinajstić information content (AvgIpc) is 2.98. The highest BCUT2D eigenvalue weighted by Gasteiger charge is 2.36. The zero-order valence-electron chi connectivity index (χ0n) is 27.6. The van der Waals surface area contributed by atoms with Crippen LogP contribution in [0.25, 0.3) is 22.2 Å². The van der Waals surface area contributed by atoms with Crippen molar-refractivity contribution < 1.29 is 14.6 Å². The number of aliphatic carboxylic acids is 1. The number of anilines is 2. The number of pyridine rings is 3. The molecule has 1 saturated heterocycles. The van der Waals surface area contributed by atoms with Crippen LogP contribution in [0.4, 0.5) is 11.4 Å². The molecule has 1 atom stereocenters. The Labute approximate surface area is 266 Å². The molecule has 236 valence electrons. The van der Waals surface area contributed by atoms with Gasteiger partial charge in [0.1, 0.15) is 5.52 Å². The second kappa shape index (κ2) is 11.7. The van der Waals surface area contributed by atoms with E-state index >= 15 is 0 Å². The lowest BCUT2D eigenvalue weighted by Crippen LogP contribution is -2.39. The van der Waals surface area contributed by atoms with Crippen LogP contribution in [0.15, 0.2) is 48.8 Å². The third kappa shape index (κ3) is 6.25. The maximum atomic E-state index is 12.8. The first-order chi connectivity index (χ1) is 21.3. The predicted molar refractivity (Wildman–Crippen MR) is 180 cm³/mol. The van der Waals surface area contributed by atoms with Crippen LogP contribution >= 0.6 is 0 Å². The minimum absolute atomic E-state index is 0.245. The van der Waals surface area contributed by atoms with Gasteiger partial charge in [-0.1, -0.05) is 32.0 Å². The van der Waals surface area contributed by atoms with Crippen LogP contribution in [0.3, 0.4) is 0 Å². The van der Waals surface area contributed by atoms with E-state index < -0.39 is 17.7 Å². The predicted octanol–water partition coefficient (Wildman–Crippen LogP) is 7.44. The summed E-state index contributed by atoms with van der Waals surface area (Å²) < 4.78 is 6.26. The number of piperidine rings is 1. The van der Waals surface area contributed by atoms with E-state index in [4.69, 9.17) is 9.72 Å². The van der Waals surface area contributed by atoms with Crippen LogP contribution in [-0.4, -0.2) is 51.3 Å². The van der Waals surface area contributed by atoms with Gasteiger partial charge in [-0.3, -0.25) is 15.0 Å². The Kier molecular flexibility index (Phi) is 8.06. The fourth-order valence-corrected chi connectivity index (χ4v) is 6.89. The van der Waals surface area contributed by atoms with Gasteiger partial charge in [-0.2, -0.15) is 0 Å². The van der Waals surface area contributed by atoms with E-state index in [1.165, 1.54) is 11.1 Å². The minimum atomic E-state index is -1.13. The van der Waals surface area contributed by atoms with E-state index in [2.05, 4.69) is 57.9 Å². The molecule has 0 aliphatic carbocycles. The molecule has 1 N–H and O–H groups in total. The number of aryl methyl sites for hydroxylation is 2. The van der Waals surface area contributed by atoms with E-state index in [1.54, 1.807) is 0 Å². The number of carbonyl (C=O) groups is 1. The maximum Gasteiger partial charge on any atom is 0.337 e. The number of rotatable bonds is 6. The fraction of sp³-hybridized carbons (Fsp3) is 0.459. The van der Waals surface area contributed by atoms with E-state index in [9.17, 15) is 9.90 Å². The molecule has 0 radical (unpaired) electrons. The summed E-state index contributed by atoms with van der Waals surface area (Å²) in [6.45, 7) is 17.7. The topological polar surface area (TPSA) is 91.7 Å². The molecule has 3 aromatic heterocycles. The lowest BCUT2D eigenvalue weighted by atomic mass is 9.81. The molecule has 8 nitrogen and oxygen atoms in total. The SMILES string of the molecule is Cc1nc(C)c([C@H](OC(C)(C)C)C(=O)O)c(N2CCC(C)(C)CC2)c1-c1ccc2c(c1)CCN(c1ccnc3cccnc13)C2. The molecule has 0 spiro atoms. The minimum Gasteiger partial charge on any atom is -0.479 e. The summed E-state index contributed by atoms with van der Waals surface area (Å²) >= 11 is 0. The first-order valence-corrected chi connectivity index (χ1v) is 16.0. The third-order valence-corrected chi connectivity index (χ3v) is 9.29. The van der Waals surface area contributed by atoms with Crippen LogP contribution < -0.4 is 9.80 Å². The Morgan fingerprint density at radius 2 is 1.71 bits per heavy atom. The Balaban J connectivity index is 1.44. The molecule has 0 amide bonds. The summed E-state index contributed by atoms with van der Waals surface area (Å²) in [4.78, 5) is 31.7. The van der Waals surface area contributed by atoms with Gasteiger partial charge in [0.05, 0.1) is 22.5 Å². The molecule has 2 aliphatic rings. The van der Waals surface area contributed by atoms with E-state index in [0.29, 0.717) is 11.3 Å². The average molecular weight is 608 g/mol. The summed E-state index contributed by atoms with van der Waals surface area (Å²) in [6.07, 6.45) is 5.51. The summed E-state index contributed by atoms with van der Waals surface area (Å²) in [5.74, 6) is -0.994. The smallest absolute Gasteiger partial charge is 0.337 e. The molecule has 6 rings (SSSR count). The molecule has 4 aromatic rings. The Bertz CT molecular complexity index is 1740. The number of fused-ring (bicyclic) bond motifs is 2. The standard InChI is InChI=1S/C37H45N5O3/c1-23-30(26-10-11-27-22-42(18-13-25(27)21-26)29-12-17-38-28-9-8-16-39-32(28)29)33(41-19-14-37(6,7)15-20-41)31(24(2)40-23)34(35(43)44)45-36(3,4)5/h8-12,16-17,21,34H,13-15,18-20,22H2,1-7H3,(H,43,44)/t34-/m0/s1. The van der Waals surface area contributed by atoms with Gasteiger partial charge in [0.25, 0.3) is 0 Å². The highest BCUT2D eigenvalue weighted by Crippen LogP contribution is 2.45. The van der Waals surface area contributed by atoms with Gasteiger partial charge in [-0.05, 0) is 94.2 Å². The van der Waals surface area contributed by atoms with Gasteiger partial charge < -0.3 is 19.6 Å². The van der Waals surface area contributed by atoms with E-state index in [1.807, 2.05) is 59.1 Å². The normalized spacial score (nSPS) is 17.3. The van der Waals surface area contributed by atoms with E-state index in [0.717, 1.165) is 84.7 Å². The van der Waals surface area contributed by atoms with E-state index in [-0.39, 0.29) is 5.41 Å². The molecule has 0 saturated carbocycles. The van der Waals surface area contributed by atoms with Crippen LogP contribution in [0.1, 0.15) is 81.6 Å². The van der Waals surface area contributed by atoms with Crippen LogP contribution in [0.5, 0.6) is 0 Å². The molecule has 0 bridgehead atoms. The van der Waals surface area contributed by atoms with Crippen LogP contribution in [0, 0.1) is 19.3 Å². The van der Waals surface area contributed by atoms with Crippen LogP contribution in [0.2, 0.25) is 0 Å². The Morgan fingerprint density at radius 1 is 0.956 bits per heavy atom. The van der Waals surface area contributed by atoms with Crippen molar-refractivity contribution >= 4 is 28.4 Å². The van der Waals surface area contributed by atoms with Crippen LogP contribution in [-0.2, 0) is 22.5 Å². The number of aromatic nitrogens is 3. The van der Waals surface area contributed by atoms with Gasteiger partial charge in [-0.25, -0.2) is 4.79 Å². The number of carboxylic acids is 1. The molecule has 8 heteroatoms. The molecular weight excluding hydrogens is 562 g/mol. The quantitative estimate of drug-likeness (QED) is 0.242. The largest absolute Gasteiger partial charge is 0.479 e. The molecular formula is C37H45N5O3. The number of hydrogen-bond acceptors (Lipinski definition) is 7. The molecule has 45 heavy (non-hydrogen) atoms. The van der Waals surface area contributed by atoms with Crippen molar-refractivity contribution in [2.45, 2.75) is 86.0 Å². The first kappa shape index (κ1) is 31.0. The van der Waals surface area contributed by atoms with Crippen molar-refractivity contribution in [3.8, 4) is 11.1 Å². The monoisotopic (exact) mass is 607 g/mol. The second-order valence-electron chi connectivity index (χ2n) is 14.4. The summed E-state index contributed by atoms with van der Waals surface area (Å²) in [5, 5.41) is 10.5. The Morgan fingerprint density at radius 3 is 2.42 bits per heavy atom. The molecule has 2 aliphatic heterocycles. The highest BCUT2D eigenvalue weighted by molar-refractivity contribution is 5.89. The molecule has 5 heterocycles. The van der Waals surface area contributed by atoms with Gasteiger partial charge >= 0.3 is 5.97 Å². The Hall–Kier alpha value is -4.04. The second-order valence-corrected chi connectivity index (χ2v) is 14.4. The number of ether oxygens (including phenoxy) is 1. The summed E-state index contributed by atoms with van der Waals surface area (Å²) in [6, 6.07) is 12.7. The zero-order valence-corrected chi connectivity index (χ0v) is 27.6.